The smallest absolute Gasteiger partial charge is 0.260 e. The van der Waals surface area contributed by atoms with Gasteiger partial charge in [0.1, 0.15) is 0 Å². The number of ether oxygens (including phenoxy) is 1. The molecule has 2 aromatic rings. The Balaban J connectivity index is 1.50. The minimum Gasteiger partial charge on any atom is -0.382 e. The van der Waals surface area contributed by atoms with Crippen molar-refractivity contribution in [3.05, 3.63) is 28.6 Å². The first-order chi connectivity index (χ1) is 12.3. The van der Waals surface area contributed by atoms with Crippen LogP contribution in [0, 0.1) is 5.92 Å². The van der Waals surface area contributed by atoms with Crippen LogP contribution in [0.25, 0.3) is 10.9 Å². The van der Waals surface area contributed by atoms with Gasteiger partial charge in [-0.15, -0.1) is 0 Å². The first-order valence-electron chi connectivity index (χ1n) is 9.40. The molecule has 3 N–H and O–H groups in total. The third-order valence-electron chi connectivity index (χ3n) is 5.33. The number of rotatable bonds is 5. The molecule has 0 radical (unpaired) electrons. The summed E-state index contributed by atoms with van der Waals surface area (Å²) in [5.74, 6) is 1.13. The van der Waals surface area contributed by atoms with E-state index in [-0.39, 0.29) is 5.56 Å². The molecule has 0 atom stereocenters. The van der Waals surface area contributed by atoms with Crippen molar-refractivity contribution in [2.45, 2.75) is 44.6 Å². The lowest BCUT2D eigenvalue weighted by molar-refractivity contribution is 0.0699. The predicted octanol–water partition coefficient (Wildman–Crippen LogP) is 3.12. The number of hydrogen-bond donors (Lipinski definition) is 3. The number of benzene rings is 1. The van der Waals surface area contributed by atoms with E-state index in [1.165, 1.54) is 25.7 Å². The van der Waals surface area contributed by atoms with Gasteiger partial charge in [-0.1, -0.05) is 12.8 Å². The van der Waals surface area contributed by atoms with Crippen LogP contribution in [0.1, 0.15) is 38.5 Å². The van der Waals surface area contributed by atoms with E-state index in [0.29, 0.717) is 23.3 Å². The van der Waals surface area contributed by atoms with E-state index in [0.717, 1.165) is 43.8 Å². The third-order valence-corrected chi connectivity index (χ3v) is 5.33. The van der Waals surface area contributed by atoms with Gasteiger partial charge in [0.15, 0.2) is 0 Å². The van der Waals surface area contributed by atoms with E-state index in [4.69, 9.17) is 4.74 Å². The van der Waals surface area contributed by atoms with Gasteiger partial charge in [0.2, 0.25) is 5.95 Å². The van der Waals surface area contributed by atoms with Gasteiger partial charge in [0.05, 0.1) is 10.9 Å². The molecule has 0 unspecified atom stereocenters. The highest BCUT2D eigenvalue weighted by atomic mass is 16.5. The summed E-state index contributed by atoms with van der Waals surface area (Å²) in [5.41, 5.74) is 1.70. The second kappa shape index (κ2) is 7.44. The first kappa shape index (κ1) is 16.4. The second-order valence-corrected chi connectivity index (χ2v) is 7.21. The molecule has 134 valence electrons. The third kappa shape index (κ3) is 3.95. The van der Waals surface area contributed by atoms with Crippen molar-refractivity contribution in [3.63, 3.8) is 0 Å². The monoisotopic (exact) mass is 342 g/mol. The quantitative estimate of drug-likeness (QED) is 0.778. The number of aromatic nitrogens is 2. The lowest BCUT2D eigenvalue weighted by Gasteiger charge is -2.22. The molecule has 1 saturated carbocycles. The fraction of sp³-hybridized carbons (Fsp3) is 0.579. The lowest BCUT2D eigenvalue weighted by Crippen LogP contribution is -2.24. The summed E-state index contributed by atoms with van der Waals surface area (Å²) in [6.45, 7) is 2.46. The fourth-order valence-corrected chi connectivity index (χ4v) is 3.81. The Morgan fingerprint density at radius 1 is 1.16 bits per heavy atom. The van der Waals surface area contributed by atoms with Crippen LogP contribution in [0.5, 0.6) is 0 Å². The molecule has 0 bridgehead atoms. The van der Waals surface area contributed by atoms with Crippen LogP contribution in [-0.4, -0.2) is 35.8 Å². The standard InChI is InChI=1S/C19H26N4O2/c24-18-16-6-5-15(21-14-3-1-2-4-14)11-17(16)22-19(23-18)20-12-13-7-9-25-10-8-13/h5-6,11,13-14,21H,1-4,7-10,12H2,(H2,20,22,23,24). The van der Waals surface area contributed by atoms with Crippen LogP contribution in [0.15, 0.2) is 23.0 Å². The predicted molar refractivity (Wildman–Crippen MR) is 100 cm³/mol. The molecule has 1 saturated heterocycles. The van der Waals surface area contributed by atoms with Crippen LogP contribution < -0.4 is 16.2 Å². The summed E-state index contributed by atoms with van der Waals surface area (Å²) >= 11 is 0. The van der Waals surface area contributed by atoms with Gasteiger partial charge in [0, 0.05) is 31.5 Å². The number of fused-ring (bicyclic) bond motifs is 1. The second-order valence-electron chi connectivity index (χ2n) is 7.21. The molecule has 0 amide bonds. The molecular formula is C19H26N4O2. The van der Waals surface area contributed by atoms with E-state index in [1.807, 2.05) is 18.2 Å². The summed E-state index contributed by atoms with van der Waals surface area (Å²) in [6.07, 6.45) is 7.14. The van der Waals surface area contributed by atoms with Gasteiger partial charge in [-0.2, -0.15) is 0 Å². The molecule has 6 heteroatoms. The SMILES string of the molecule is O=c1[nH]c(NCC2CCOCC2)nc2cc(NC3CCCC3)ccc12. The highest BCUT2D eigenvalue weighted by Crippen LogP contribution is 2.24. The zero-order chi connectivity index (χ0) is 17.1. The Bertz CT molecular complexity index is 777. The molecule has 1 aliphatic heterocycles. The van der Waals surface area contributed by atoms with Crippen molar-refractivity contribution in [3.8, 4) is 0 Å². The Kier molecular flexibility index (Phi) is 4.88. The van der Waals surface area contributed by atoms with Gasteiger partial charge in [-0.25, -0.2) is 4.98 Å². The van der Waals surface area contributed by atoms with Crippen molar-refractivity contribution in [2.24, 2.45) is 5.92 Å². The maximum Gasteiger partial charge on any atom is 0.260 e. The topological polar surface area (TPSA) is 79.0 Å². The minimum atomic E-state index is -0.0908. The number of nitrogens with zero attached hydrogens (tertiary/aromatic N) is 1. The summed E-state index contributed by atoms with van der Waals surface area (Å²) in [7, 11) is 0. The zero-order valence-electron chi connectivity index (χ0n) is 14.5. The summed E-state index contributed by atoms with van der Waals surface area (Å²) in [5, 5.41) is 7.50. The van der Waals surface area contributed by atoms with Gasteiger partial charge in [-0.05, 0) is 49.8 Å². The molecule has 4 rings (SSSR count). The van der Waals surface area contributed by atoms with E-state index in [1.54, 1.807) is 0 Å². The average Bonchev–Trinajstić information content (AvgIpc) is 3.14. The molecule has 1 aromatic carbocycles. The number of hydrogen-bond acceptors (Lipinski definition) is 5. The molecule has 2 fully saturated rings. The summed E-state index contributed by atoms with van der Waals surface area (Å²) in [6, 6.07) is 6.38. The highest BCUT2D eigenvalue weighted by Gasteiger charge is 2.16. The molecule has 6 nitrogen and oxygen atoms in total. The van der Waals surface area contributed by atoms with Crippen LogP contribution in [0.3, 0.4) is 0 Å². The molecule has 2 aliphatic rings. The minimum absolute atomic E-state index is 0.0908. The van der Waals surface area contributed by atoms with E-state index in [9.17, 15) is 4.79 Å². The number of aromatic amines is 1. The van der Waals surface area contributed by atoms with Gasteiger partial charge in [-0.3, -0.25) is 9.78 Å². The largest absolute Gasteiger partial charge is 0.382 e. The van der Waals surface area contributed by atoms with Crippen molar-refractivity contribution < 1.29 is 4.74 Å². The van der Waals surface area contributed by atoms with Crippen molar-refractivity contribution in [1.29, 1.82) is 0 Å². The lowest BCUT2D eigenvalue weighted by atomic mass is 10.0. The molecule has 0 spiro atoms. The van der Waals surface area contributed by atoms with E-state index >= 15 is 0 Å². The molecule has 2 heterocycles. The average molecular weight is 342 g/mol. The Morgan fingerprint density at radius 2 is 1.96 bits per heavy atom. The summed E-state index contributed by atoms with van der Waals surface area (Å²) < 4.78 is 5.39. The Hall–Kier alpha value is -2.08. The Morgan fingerprint density at radius 3 is 2.76 bits per heavy atom. The maximum absolute atomic E-state index is 12.3. The summed E-state index contributed by atoms with van der Waals surface area (Å²) in [4.78, 5) is 19.8. The molecular weight excluding hydrogens is 316 g/mol. The van der Waals surface area contributed by atoms with Crippen LogP contribution in [-0.2, 0) is 4.74 Å². The number of anilines is 2. The van der Waals surface area contributed by atoms with Crippen LogP contribution >= 0.6 is 0 Å². The maximum atomic E-state index is 12.3. The normalized spacial score (nSPS) is 19.4. The molecule has 25 heavy (non-hydrogen) atoms. The molecule has 1 aliphatic carbocycles. The van der Waals surface area contributed by atoms with E-state index in [2.05, 4.69) is 20.6 Å². The zero-order valence-corrected chi connectivity index (χ0v) is 14.5. The first-order valence-corrected chi connectivity index (χ1v) is 9.40. The van der Waals surface area contributed by atoms with Crippen LogP contribution in [0.2, 0.25) is 0 Å². The fourth-order valence-electron chi connectivity index (χ4n) is 3.81. The van der Waals surface area contributed by atoms with Gasteiger partial charge >= 0.3 is 0 Å². The molecule has 1 aromatic heterocycles. The van der Waals surface area contributed by atoms with E-state index < -0.39 is 0 Å². The Labute approximate surface area is 147 Å². The van der Waals surface area contributed by atoms with Crippen molar-refractivity contribution in [1.82, 2.24) is 9.97 Å². The van der Waals surface area contributed by atoms with Crippen molar-refractivity contribution >= 4 is 22.5 Å². The number of H-pyrrole nitrogens is 1. The number of nitrogens with one attached hydrogen (secondary N) is 3. The van der Waals surface area contributed by atoms with Crippen molar-refractivity contribution in [2.75, 3.05) is 30.4 Å². The van der Waals surface area contributed by atoms with Gasteiger partial charge < -0.3 is 15.4 Å². The van der Waals surface area contributed by atoms with Crippen LogP contribution in [0.4, 0.5) is 11.6 Å². The van der Waals surface area contributed by atoms with Gasteiger partial charge in [0.25, 0.3) is 5.56 Å². The highest BCUT2D eigenvalue weighted by molar-refractivity contribution is 5.82.